The van der Waals surface area contributed by atoms with E-state index in [0.717, 1.165) is 18.5 Å². The SMILES string of the molecule is CC(C)(C)OC(=O)N1CCC(c2cn(COC(=O)C(C)(C)C)nn2)CC1. The van der Waals surface area contributed by atoms with Crippen molar-refractivity contribution in [3.63, 3.8) is 0 Å². The van der Waals surface area contributed by atoms with Crippen molar-refractivity contribution in [2.75, 3.05) is 13.1 Å². The van der Waals surface area contributed by atoms with Crippen LogP contribution in [0.4, 0.5) is 4.79 Å². The molecule has 1 aliphatic heterocycles. The van der Waals surface area contributed by atoms with E-state index >= 15 is 0 Å². The van der Waals surface area contributed by atoms with Crippen molar-refractivity contribution < 1.29 is 19.1 Å². The Labute approximate surface area is 154 Å². The topological polar surface area (TPSA) is 86.5 Å². The van der Waals surface area contributed by atoms with E-state index in [9.17, 15) is 9.59 Å². The molecule has 1 aromatic rings. The highest BCUT2D eigenvalue weighted by Gasteiger charge is 2.29. The number of hydrogen-bond donors (Lipinski definition) is 0. The normalized spacial score (nSPS) is 16.5. The van der Waals surface area contributed by atoms with Gasteiger partial charge in [0.25, 0.3) is 0 Å². The highest BCUT2D eigenvalue weighted by Crippen LogP contribution is 2.27. The summed E-state index contributed by atoms with van der Waals surface area (Å²) in [6, 6.07) is 0. The van der Waals surface area contributed by atoms with Crippen molar-refractivity contribution in [1.29, 1.82) is 0 Å². The number of nitrogens with zero attached hydrogens (tertiary/aromatic N) is 4. The minimum atomic E-state index is -0.544. The first-order valence-corrected chi connectivity index (χ1v) is 9.01. The van der Waals surface area contributed by atoms with Gasteiger partial charge in [-0.25, -0.2) is 9.48 Å². The van der Waals surface area contributed by atoms with Gasteiger partial charge in [0.05, 0.1) is 17.3 Å². The minimum Gasteiger partial charge on any atom is -0.444 e. The first kappa shape index (κ1) is 20.2. The molecule has 8 nitrogen and oxygen atoms in total. The number of likely N-dealkylation sites (tertiary alicyclic amines) is 1. The van der Waals surface area contributed by atoms with Crippen molar-refractivity contribution in [3.05, 3.63) is 11.9 Å². The highest BCUT2D eigenvalue weighted by molar-refractivity contribution is 5.75. The summed E-state index contributed by atoms with van der Waals surface area (Å²) in [5.41, 5.74) is -0.167. The molecule has 0 spiro atoms. The third kappa shape index (κ3) is 5.71. The summed E-state index contributed by atoms with van der Waals surface area (Å²) >= 11 is 0. The lowest BCUT2D eigenvalue weighted by atomic mass is 9.94. The summed E-state index contributed by atoms with van der Waals surface area (Å²) < 4.78 is 12.2. The van der Waals surface area contributed by atoms with Gasteiger partial charge in [-0.3, -0.25) is 4.79 Å². The van der Waals surface area contributed by atoms with E-state index in [0.29, 0.717) is 13.1 Å². The lowest BCUT2D eigenvalue weighted by molar-refractivity contribution is -0.157. The lowest BCUT2D eigenvalue weighted by Gasteiger charge is -2.32. The van der Waals surface area contributed by atoms with Crippen LogP contribution in [-0.2, 0) is 21.0 Å². The number of hydrogen-bond acceptors (Lipinski definition) is 6. The van der Waals surface area contributed by atoms with Crippen molar-refractivity contribution in [3.8, 4) is 0 Å². The number of ether oxygens (including phenoxy) is 2. The van der Waals surface area contributed by atoms with Crippen LogP contribution >= 0.6 is 0 Å². The first-order chi connectivity index (χ1) is 12.0. The van der Waals surface area contributed by atoms with Gasteiger partial charge >= 0.3 is 12.1 Å². The zero-order valence-corrected chi connectivity index (χ0v) is 16.6. The average molecular weight is 366 g/mol. The van der Waals surface area contributed by atoms with Crippen LogP contribution in [0.1, 0.15) is 66.0 Å². The van der Waals surface area contributed by atoms with E-state index in [2.05, 4.69) is 10.3 Å². The Balaban J connectivity index is 1.84. The summed E-state index contributed by atoms with van der Waals surface area (Å²) in [7, 11) is 0. The third-order valence-electron chi connectivity index (χ3n) is 4.06. The Bertz CT molecular complexity index is 634. The minimum absolute atomic E-state index is 0.0554. The van der Waals surface area contributed by atoms with E-state index in [1.807, 2.05) is 27.0 Å². The summed E-state index contributed by atoms with van der Waals surface area (Å²) in [5, 5.41) is 8.23. The van der Waals surface area contributed by atoms with Gasteiger partial charge in [-0.05, 0) is 54.4 Å². The van der Waals surface area contributed by atoms with Gasteiger partial charge in [0.1, 0.15) is 5.60 Å². The van der Waals surface area contributed by atoms with E-state index < -0.39 is 11.0 Å². The van der Waals surface area contributed by atoms with Gasteiger partial charge in [-0.1, -0.05) is 5.21 Å². The second kappa shape index (κ2) is 7.63. The number of piperidine rings is 1. The van der Waals surface area contributed by atoms with Crippen LogP contribution in [0.3, 0.4) is 0 Å². The van der Waals surface area contributed by atoms with E-state index in [4.69, 9.17) is 9.47 Å². The van der Waals surface area contributed by atoms with Gasteiger partial charge in [-0.15, -0.1) is 5.10 Å². The quantitative estimate of drug-likeness (QED) is 0.765. The molecule has 0 radical (unpaired) electrons. The fourth-order valence-corrected chi connectivity index (χ4v) is 2.59. The molecule has 1 amide bonds. The molecule has 8 heteroatoms. The molecule has 0 N–H and O–H groups in total. The molecule has 0 atom stereocenters. The summed E-state index contributed by atoms with van der Waals surface area (Å²) in [6.45, 7) is 12.3. The number of esters is 1. The van der Waals surface area contributed by atoms with Crippen LogP contribution < -0.4 is 0 Å². The van der Waals surface area contributed by atoms with Crippen molar-refractivity contribution in [2.24, 2.45) is 5.41 Å². The largest absolute Gasteiger partial charge is 0.444 e. The van der Waals surface area contributed by atoms with Crippen molar-refractivity contribution >= 4 is 12.1 Å². The Kier molecular flexibility index (Phi) is 5.93. The van der Waals surface area contributed by atoms with Gasteiger partial charge in [0.2, 0.25) is 0 Å². The van der Waals surface area contributed by atoms with Crippen LogP contribution in [-0.4, -0.2) is 50.6 Å². The molecule has 2 heterocycles. The number of amides is 1. The highest BCUT2D eigenvalue weighted by atomic mass is 16.6. The maximum Gasteiger partial charge on any atom is 0.410 e. The summed E-state index contributed by atoms with van der Waals surface area (Å²) in [5.74, 6) is -0.0408. The fourth-order valence-electron chi connectivity index (χ4n) is 2.59. The second-order valence-electron chi connectivity index (χ2n) is 8.74. The Morgan fingerprint density at radius 1 is 1.15 bits per heavy atom. The monoisotopic (exact) mass is 366 g/mol. The van der Waals surface area contributed by atoms with Crippen LogP contribution in [0.15, 0.2) is 6.20 Å². The van der Waals surface area contributed by atoms with Gasteiger partial charge < -0.3 is 14.4 Å². The van der Waals surface area contributed by atoms with Gasteiger partial charge in [-0.2, -0.15) is 0 Å². The molecule has 0 bridgehead atoms. The van der Waals surface area contributed by atoms with Crippen LogP contribution in [0, 0.1) is 5.41 Å². The molecule has 26 heavy (non-hydrogen) atoms. The molecule has 1 aromatic heterocycles. The van der Waals surface area contributed by atoms with Crippen molar-refractivity contribution in [1.82, 2.24) is 19.9 Å². The number of carbonyl (C=O) groups excluding carboxylic acids is 2. The van der Waals surface area contributed by atoms with Crippen LogP contribution in [0.5, 0.6) is 0 Å². The lowest BCUT2D eigenvalue weighted by Crippen LogP contribution is -2.41. The molecular weight excluding hydrogens is 336 g/mol. The van der Waals surface area contributed by atoms with Crippen LogP contribution in [0.2, 0.25) is 0 Å². The van der Waals surface area contributed by atoms with Gasteiger partial charge in [0, 0.05) is 19.0 Å². The number of carbonyl (C=O) groups is 2. The zero-order chi connectivity index (χ0) is 19.5. The summed E-state index contributed by atoms with van der Waals surface area (Å²) in [6.07, 6.45) is 3.15. The molecule has 0 unspecified atom stereocenters. The summed E-state index contributed by atoms with van der Waals surface area (Å²) in [4.78, 5) is 25.7. The molecule has 2 rings (SSSR count). The van der Waals surface area contributed by atoms with Crippen molar-refractivity contribution in [2.45, 2.75) is 72.6 Å². The Morgan fingerprint density at radius 2 is 1.77 bits per heavy atom. The average Bonchev–Trinajstić information content (AvgIpc) is 2.99. The Hall–Kier alpha value is -2.12. The zero-order valence-electron chi connectivity index (χ0n) is 16.6. The molecular formula is C18H30N4O4. The predicted molar refractivity (Wildman–Crippen MR) is 95.4 cm³/mol. The number of aromatic nitrogens is 3. The Morgan fingerprint density at radius 3 is 2.31 bits per heavy atom. The molecule has 0 aliphatic carbocycles. The molecule has 146 valence electrons. The maximum absolute atomic E-state index is 12.1. The van der Waals surface area contributed by atoms with Crippen LogP contribution in [0.25, 0.3) is 0 Å². The molecule has 0 aromatic carbocycles. The van der Waals surface area contributed by atoms with E-state index in [1.54, 1.807) is 25.7 Å². The molecule has 1 saturated heterocycles. The number of rotatable bonds is 3. The fraction of sp³-hybridized carbons (Fsp3) is 0.778. The second-order valence-corrected chi connectivity index (χ2v) is 8.74. The third-order valence-corrected chi connectivity index (χ3v) is 4.06. The molecule has 1 fully saturated rings. The maximum atomic E-state index is 12.1. The van der Waals surface area contributed by atoms with E-state index in [1.165, 1.54) is 4.68 Å². The first-order valence-electron chi connectivity index (χ1n) is 9.01. The van der Waals surface area contributed by atoms with E-state index in [-0.39, 0.29) is 24.7 Å². The standard InChI is InChI=1S/C18H30N4O4/c1-17(2,3)15(23)25-12-22-11-14(19-20-22)13-7-9-21(10-8-13)16(24)26-18(4,5)6/h11,13H,7-10,12H2,1-6H3. The molecule has 0 saturated carbocycles. The van der Waals surface area contributed by atoms with Gasteiger partial charge in [0.15, 0.2) is 6.73 Å². The smallest absolute Gasteiger partial charge is 0.410 e. The predicted octanol–water partition coefficient (Wildman–Crippen LogP) is 2.94. The molecule has 1 aliphatic rings.